The molecular weight excluding hydrogens is 458 g/mol. The molecule has 0 saturated heterocycles. The van der Waals surface area contributed by atoms with E-state index in [4.69, 9.17) is 14.2 Å². The third kappa shape index (κ3) is 7.03. The minimum absolute atomic E-state index is 0.225. The maximum Gasteiger partial charge on any atom is 0.255 e. The van der Waals surface area contributed by atoms with Crippen molar-refractivity contribution in [2.45, 2.75) is 19.8 Å². The number of hydrogen-bond donors (Lipinski definition) is 1. The number of unbranched alkanes of at least 4 members (excludes halogenated alkanes) is 1. The molecule has 6 heteroatoms. The molecule has 162 valence electrons. The third-order valence-corrected chi connectivity index (χ3v) is 5.06. The van der Waals surface area contributed by atoms with Crippen LogP contribution in [-0.4, -0.2) is 25.7 Å². The van der Waals surface area contributed by atoms with E-state index in [0.29, 0.717) is 36.8 Å². The van der Waals surface area contributed by atoms with Gasteiger partial charge in [0.25, 0.3) is 5.91 Å². The highest BCUT2D eigenvalue weighted by Crippen LogP contribution is 2.28. The molecule has 0 saturated carbocycles. The summed E-state index contributed by atoms with van der Waals surface area (Å²) in [6.45, 7) is 3.53. The molecule has 0 radical (unpaired) electrons. The van der Waals surface area contributed by atoms with E-state index in [2.05, 4.69) is 28.2 Å². The molecule has 31 heavy (non-hydrogen) atoms. The van der Waals surface area contributed by atoms with Crippen molar-refractivity contribution in [3.63, 3.8) is 0 Å². The zero-order valence-electron chi connectivity index (χ0n) is 17.5. The molecule has 0 aromatic heterocycles. The Kier molecular flexibility index (Phi) is 8.79. The lowest BCUT2D eigenvalue weighted by molar-refractivity contribution is 0.102. The molecule has 0 unspecified atom stereocenters. The first-order valence-electron chi connectivity index (χ1n) is 10.3. The maximum absolute atomic E-state index is 12.8. The number of carbonyl (C=O) groups is 1. The minimum Gasteiger partial charge on any atom is -0.492 e. The molecule has 5 nitrogen and oxygen atoms in total. The lowest BCUT2D eigenvalue weighted by atomic mass is 10.2. The van der Waals surface area contributed by atoms with E-state index in [1.807, 2.05) is 54.6 Å². The molecule has 0 spiro atoms. The second kappa shape index (κ2) is 12.0. The molecule has 0 heterocycles. The van der Waals surface area contributed by atoms with E-state index in [9.17, 15) is 4.79 Å². The highest BCUT2D eigenvalue weighted by molar-refractivity contribution is 9.10. The van der Waals surface area contributed by atoms with Gasteiger partial charge in [-0.1, -0.05) is 43.7 Å². The quantitative estimate of drug-likeness (QED) is 0.323. The summed E-state index contributed by atoms with van der Waals surface area (Å²) in [7, 11) is 0. The minimum atomic E-state index is -0.225. The fraction of sp³-hybridized carbons (Fsp3) is 0.240. The van der Waals surface area contributed by atoms with Gasteiger partial charge in [-0.2, -0.15) is 0 Å². The van der Waals surface area contributed by atoms with Gasteiger partial charge in [-0.15, -0.1) is 0 Å². The second-order valence-corrected chi connectivity index (χ2v) is 7.66. The Morgan fingerprint density at radius 1 is 0.839 bits per heavy atom. The number of hydrogen-bond acceptors (Lipinski definition) is 4. The van der Waals surface area contributed by atoms with Crippen molar-refractivity contribution in [1.29, 1.82) is 0 Å². The van der Waals surface area contributed by atoms with E-state index in [-0.39, 0.29) is 5.91 Å². The van der Waals surface area contributed by atoms with Gasteiger partial charge >= 0.3 is 0 Å². The van der Waals surface area contributed by atoms with Gasteiger partial charge in [0.05, 0.1) is 16.8 Å². The molecule has 3 aromatic carbocycles. The first-order chi connectivity index (χ1) is 15.2. The molecule has 1 amide bonds. The van der Waals surface area contributed by atoms with Crippen LogP contribution < -0.4 is 19.5 Å². The van der Waals surface area contributed by atoms with Crippen molar-refractivity contribution in [1.82, 2.24) is 0 Å². The van der Waals surface area contributed by atoms with Crippen LogP contribution in [0.4, 0.5) is 5.69 Å². The molecule has 0 atom stereocenters. The number of para-hydroxylation sites is 3. The van der Waals surface area contributed by atoms with Gasteiger partial charge in [0.1, 0.15) is 30.5 Å². The number of anilines is 1. The van der Waals surface area contributed by atoms with E-state index < -0.39 is 0 Å². The van der Waals surface area contributed by atoms with Crippen molar-refractivity contribution in [2.24, 2.45) is 0 Å². The van der Waals surface area contributed by atoms with Crippen LogP contribution in [0, 0.1) is 0 Å². The lowest BCUT2D eigenvalue weighted by Gasteiger charge is -2.14. The zero-order valence-corrected chi connectivity index (χ0v) is 19.1. The Hall–Kier alpha value is -2.99. The molecule has 1 N–H and O–H groups in total. The number of rotatable bonds is 11. The fourth-order valence-corrected chi connectivity index (χ4v) is 3.30. The number of ether oxygens (including phenoxy) is 3. The first-order valence-corrected chi connectivity index (χ1v) is 11.1. The predicted octanol–water partition coefficient (Wildman–Crippen LogP) is 6.34. The number of nitrogens with one attached hydrogen (secondary N) is 1. The Balaban J connectivity index is 1.57. The Morgan fingerprint density at radius 2 is 1.55 bits per heavy atom. The molecule has 0 bridgehead atoms. The van der Waals surface area contributed by atoms with E-state index >= 15 is 0 Å². The Labute approximate surface area is 191 Å². The van der Waals surface area contributed by atoms with Crippen LogP contribution in [0.3, 0.4) is 0 Å². The van der Waals surface area contributed by atoms with E-state index in [1.54, 1.807) is 18.2 Å². The monoisotopic (exact) mass is 483 g/mol. The van der Waals surface area contributed by atoms with Crippen molar-refractivity contribution < 1.29 is 19.0 Å². The summed E-state index contributed by atoms with van der Waals surface area (Å²) in [6.07, 6.45) is 2.06. The molecule has 0 aliphatic carbocycles. The lowest BCUT2D eigenvalue weighted by Crippen LogP contribution is -2.14. The van der Waals surface area contributed by atoms with Gasteiger partial charge in [-0.25, -0.2) is 0 Å². The van der Waals surface area contributed by atoms with Crippen LogP contribution in [0.25, 0.3) is 0 Å². The van der Waals surface area contributed by atoms with E-state index in [0.717, 1.165) is 28.8 Å². The third-order valence-electron chi connectivity index (χ3n) is 4.44. The summed E-state index contributed by atoms with van der Waals surface area (Å²) in [5, 5.41) is 2.92. The largest absolute Gasteiger partial charge is 0.492 e. The summed E-state index contributed by atoms with van der Waals surface area (Å²) in [6, 6.07) is 22.2. The molecule has 0 fully saturated rings. The predicted molar refractivity (Wildman–Crippen MR) is 126 cm³/mol. The van der Waals surface area contributed by atoms with Gasteiger partial charge in [-0.3, -0.25) is 4.79 Å². The summed E-state index contributed by atoms with van der Waals surface area (Å²) in [5.41, 5.74) is 1.13. The average molecular weight is 484 g/mol. The zero-order chi connectivity index (χ0) is 21.9. The van der Waals surface area contributed by atoms with Crippen molar-refractivity contribution in [3.8, 4) is 17.2 Å². The van der Waals surface area contributed by atoms with Crippen molar-refractivity contribution in [3.05, 3.63) is 82.8 Å². The standard InChI is InChI=1S/C25H26BrNO4/c1-2-3-15-30-23-14-13-19(18-21(23)26)25(28)27-22-11-7-8-12-24(22)31-17-16-29-20-9-5-4-6-10-20/h4-14,18H,2-3,15-17H2,1H3,(H,27,28). The Morgan fingerprint density at radius 3 is 2.32 bits per heavy atom. The number of carbonyl (C=O) groups excluding carboxylic acids is 1. The van der Waals surface area contributed by atoms with Crippen LogP contribution >= 0.6 is 15.9 Å². The molecule has 3 rings (SSSR count). The van der Waals surface area contributed by atoms with Gasteiger partial charge < -0.3 is 19.5 Å². The van der Waals surface area contributed by atoms with Crippen LogP contribution in [0.1, 0.15) is 30.1 Å². The highest BCUT2D eigenvalue weighted by Gasteiger charge is 2.12. The van der Waals surface area contributed by atoms with Crippen LogP contribution in [0.5, 0.6) is 17.2 Å². The normalized spacial score (nSPS) is 10.4. The topological polar surface area (TPSA) is 56.8 Å². The smallest absolute Gasteiger partial charge is 0.255 e. The number of halogens is 1. The van der Waals surface area contributed by atoms with Gasteiger partial charge in [0, 0.05) is 5.56 Å². The van der Waals surface area contributed by atoms with Crippen molar-refractivity contribution in [2.75, 3.05) is 25.1 Å². The SMILES string of the molecule is CCCCOc1ccc(C(=O)Nc2ccccc2OCCOc2ccccc2)cc1Br. The van der Waals surface area contributed by atoms with Gasteiger partial charge in [0.2, 0.25) is 0 Å². The molecule has 3 aromatic rings. The number of benzene rings is 3. The first kappa shape index (κ1) is 22.7. The number of amides is 1. The second-order valence-electron chi connectivity index (χ2n) is 6.81. The molecular formula is C25H26BrNO4. The summed E-state index contributed by atoms with van der Waals surface area (Å²) < 4.78 is 17.9. The van der Waals surface area contributed by atoms with Gasteiger partial charge in [-0.05, 0) is 64.8 Å². The summed E-state index contributed by atoms with van der Waals surface area (Å²) in [5.74, 6) is 1.89. The van der Waals surface area contributed by atoms with E-state index in [1.165, 1.54) is 0 Å². The van der Waals surface area contributed by atoms with Gasteiger partial charge in [0.15, 0.2) is 0 Å². The van der Waals surface area contributed by atoms with Crippen LogP contribution in [0.15, 0.2) is 77.3 Å². The highest BCUT2D eigenvalue weighted by atomic mass is 79.9. The Bertz CT molecular complexity index is 978. The summed E-state index contributed by atoms with van der Waals surface area (Å²) >= 11 is 3.49. The average Bonchev–Trinajstić information content (AvgIpc) is 2.79. The molecule has 0 aliphatic rings. The fourth-order valence-electron chi connectivity index (χ4n) is 2.80. The van der Waals surface area contributed by atoms with Crippen LogP contribution in [0.2, 0.25) is 0 Å². The van der Waals surface area contributed by atoms with Crippen molar-refractivity contribution >= 4 is 27.5 Å². The maximum atomic E-state index is 12.8. The van der Waals surface area contributed by atoms with Crippen LogP contribution in [-0.2, 0) is 0 Å². The molecule has 0 aliphatic heterocycles. The summed E-state index contributed by atoms with van der Waals surface area (Å²) in [4.78, 5) is 12.8.